The summed E-state index contributed by atoms with van der Waals surface area (Å²) in [5.74, 6) is 0. The molecule has 0 aromatic carbocycles. The van der Waals surface area contributed by atoms with E-state index in [0.29, 0.717) is 0 Å². The summed E-state index contributed by atoms with van der Waals surface area (Å²) in [5, 5.41) is 2.13. The van der Waals surface area contributed by atoms with Gasteiger partial charge in [0.25, 0.3) is 10.5 Å². The molecule has 1 heterocycles. The van der Waals surface area contributed by atoms with Crippen LogP contribution in [0.3, 0.4) is 0 Å². The molecule has 4 nitrogen and oxygen atoms in total. The highest BCUT2D eigenvalue weighted by Crippen LogP contribution is 2.11. The van der Waals surface area contributed by atoms with Gasteiger partial charge in [-0.2, -0.15) is 5.10 Å². The molecule has 0 aliphatic rings. The number of rotatable bonds is 2. The fourth-order valence-corrected chi connectivity index (χ4v) is 1.06. The molecule has 0 fully saturated rings. The zero-order valence-electron chi connectivity index (χ0n) is 6.04. The number of hydrogen-bond donors (Lipinski definition) is 0. The van der Waals surface area contributed by atoms with Crippen LogP contribution in [0.4, 0.5) is 0 Å². The van der Waals surface area contributed by atoms with E-state index in [-0.39, 0.29) is 11.3 Å². The third-order valence-corrected chi connectivity index (χ3v) is 1.61. The van der Waals surface area contributed by atoms with Crippen LogP contribution in [0, 0.1) is 0 Å². The lowest BCUT2D eigenvalue weighted by molar-refractivity contribution is 0.104. The van der Waals surface area contributed by atoms with Crippen molar-refractivity contribution < 1.29 is 9.59 Å². The molecule has 0 amide bonds. The number of hydrogen-bond acceptors (Lipinski definition) is 3. The lowest BCUT2D eigenvalue weighted by Crippen LogP contribution is -1.98. The number of halogens is 2. The van der Waals surface area contributed by atoms with Gasteiger partial charge in [0.15, 0.2) is 5.69 Å². The Morgan fingerprint density at radius 3 is 2.33 bits per heavy atom. The largest absolute Gasteiger partial charge is 0.275 e. The summed E-state index contributed by atoms with van der Waals surface area (Å²) >= 11 is 10.3. The smallest absolute Gasteiger partial charge is 0.273 e. The Morgan fingerprint density at radius 2 is 2.00 bits per heavy atom. The van der Waals surface area contributed by atoms with Gasteiger partial charge in [-0.15, -0.1) is 0 Å². The van der Waals surface area contributed by atoms with Gasteiger partial charge in [0, 0.05) is 13.2 Å². The fraction of sp³-hybridized carbons (Fsp3) is 0.167. The van der Waals surface area contributed by atoms with Crippen LogP contribution in [0.1, 0.15) is 20.8 Å². The van der Waals surface area contributed by atoms with E-state index in [9.17, 15) is 9.59 Å². The van der Waals surface area contributed by atoms with Gasteiger partial charge in [-0.3, -0.25) is 14.3 Å². The van der Waals surface area contributed by atoms with Crippen molar-refractivity contribution in [3.05, 3.63) is 17.5 Å². The van der Waals surface area contributed by atoms with Crippen LogP contribution in [0.25, 0.3) is 0 Å². The predicted octanol–water partition coefficient (Wildman–Crippen LogP) is 1.18. The zero-order valence-corrected chi connectivity index (χ0v) is 7.56. The monoisotopic (exact) mass is 206 g/mol. The van der Waals surface area contributed by atoms with Crippen LogP contribution < -0.4 is 0 Å². The molecule has 12 heavy (non-hydrogen) atoms. The molecular formula is C6H4Cl2N2O2. The van der Waals surface area contributed by atoms with Crippen molar-refractivity contribution in [2.45, 2.75) is 0 Å². The summed E-state index contributed by atoms with van der Waals surface area (Å²) in [6, 6.07) is 0. The van der Waals surface area contributed by atoms with Gasteiger partial charge < -0.3 is 0 Å². The van der Waals surface area contributed by atoms with E-state index in [1.54, 1.807) is 7.05 Å². The molecule has 0 aliphatic heterocycles. The maximum absolute atomic E-state index is 10.7. The maximum atomic E-state index is 10.7. The summed E-state index contributed by atoms with van der Waals surface area (Å²) in [7, 11) is 1.56. The molecule has 0 radical (unpaired) electrons. The topological polar surface area (TPSA) is 52.0 Å². The Hall–Kier alpha value is -0.870. The number of nitrogens with zero attached hydrogens (tertiary/aromatic N) is 2. The summed E-state index contributed by atoms with van der Waals surface area (Å²) in [6.45, 7) is 0. The first-order valence-corrected chi connectivity index (χ1v) is 3.71. The summed E-state index contributed by atoms with van der Waals surface area (Å²) in [5.41, 5.74) is -0.0849. The second-order valence-corrected chi connectivity index (χ2v) is 2.80. The third-order valence-electron chi connectivity index (χ3n) is 1.23. The first-order chi connectivity index (χ1) is 5.52. The molecule has 1 aromatic rings. The number of aromatic nitrogens is 2. The van der Waals surface area contributed by atoms with Gasteiger partial charge in [-0.05, 0) is 23.2 Å². The standard InChI is InChI=1S/C6H4Cl2N2O2/c1-10-2-3(5(7)11)4(9-10)6(8)12/h2H,1H3. The average molecular weight is 207 g/mol. The van der Waals surface area contributed by atoms with Gasteiger partial charge in [0.1, 0.15) is 0 Å². The minimum absolute atomic E-state index is 0.0270. The van der Waals surface area contributed by atoms with E-state index in [2.05, 4.69) is 5.10 Å². The molecule has 0 aliphatic carbocycles. The van der Waals surface area contributed by atoms with Gasteiger partial charge in [-0.25, -0.2) is 0 Å². The second kappa shape index (κ2) is 3.25. The molecule has 1 rings (SSSR count). The molecule has 0 saturated heterocycles. The average Bonchev–Trinajstić information content (AvgIpc) is 2.31. The first-order valence-electron chi connectivity index (χ1n) is 2.95. The molecule has 1 aromatic heterocycles. The SMILES string of the molecule is Cn1cc(C(=O)Cl)c(C(=O)Cl)n1. The molecule has 0 bridgehead atoms. The highest BCUT2D eigenvalue weighted by atomic mass is 35.5. The lowest BCUT2D eigenvalue weighted by atomic mass is 10.3. The van der Waals surface area contributed by atoms with Crippen molar-refractivity contribution in [3.63, 3.8) is 0 Å². The van der Waals surface area contributed by atoms with E-state index < -0.39 is 10.5 Å². The Labute approximate surface area is 78.1 Å². The van der Waals surface area contributed by atoms with Crippen molar-refractivity contribution >= 4 is 33.7 Å². The van der Waals surface area contributed by atoms with E-state index in [1.807, 2.05) is 0 Å². The van der Waals surface area contributed by atoms with E-state index in [1.165, 1.54) is 10.9 Å². The second-order valence-electron chi connectivity index (χ2n) is 2.11. The normalized spacial score (nSPS) is 9.92. The zero-order chi connectivity index (χ0) is 9.30. The fourth-order valence-electron chi connectivity index (χ4n) is 0.777. The summed E-state index contributed by atoms with van der Waals surface area (Å²) in [4.78, 5) is 21.3. The Bertz CT molecular complexity index is 314. The van der Waals surface area contributed by atoms with Gasteiger partial charge in [0.05, 0.1) is 5.56 Å². The van der Waals surface area contributed by atoms with Crippen LogP contribution in [0.15, 0.2) is 6.20 Å². The van der Waals surface area contributed by atoms with Crippen LogP contribution in [0.5, 0.6) is 0 Å². The Balaban J connectivity index is 3.26. The highest BCUT2D eigenvalue weighted by molar-refractivity contribution is 6.71. The molecule has 0 spiro atoms. The van der Waals surface area contributed by atoms with Crippen molar-refractivity contribution in [2.75, 3.05) is 0 Å². The van der Waals surface area contributed by atoms with Crippen molar-refractivity contribution in [2.24, 2.45) is 7.05 Å². The molecular weight excluding hydrogens is 203 g/mol. The van der Waals surface area contributed by atoms with E-state index >= 15 is 0 Å². The number of carbonyl (C=O) groups excluding carboxylic acids is 2. The predicted molar refractivity (Wildman–Crippen MR) is 43.6 cm³/mol. The van der Waals surface area contributed by atoms with E-state index in [4.69, 9.17) is 23.2 Å². The van der Waals surface area contributed by atoms with Crippen LogP contribution in [0.2, 0.25) is 0 Å². The summed E-state index contributed by atoms with van der Waals surface area (Å²) < 4.78 is 1.30. The van der Waals surface area contributed by atoms with Crippen LogP contribution in [-0.4, -0.2) is 20.3 Å². The third kappa shape index (κ3) is 1.65. The maximum Gasteiger partial charge on any atom is 0.273 e. The molecule has 6 heteroatoms. The molecule has 0 saturated carbocycles. The highest BCUT2D eigenvalue weighted by Gasteiger charge is 2.17. The molecule has 0 atom stereocenters. The number of carbonyl (C=O) groups is 2. The Morgan fingerprint density at radius 1 is 1.42 bits per heavy atom. The van der Waals surface area contributed by atoms with Crippen molar-refractivity contribution in [1.82, 2.24) is 9.78 Å². The first kappa shape index (κ1) is 9.22. The molecule has 0 unspecified atom stereocenters. The number of aryl methyl sites for hydroxylation is 1. The van der Waals surface area contributed by atoms with Crippen LogP contribution >= 0.6 is 23.2 Å². The minimum atomic E-state index is -0.792. The van der Waals surface area contributed by atoms with Gasteiger partial charge in [-0.1, -0.05) is 0 Å². The minimum Gasteiger partial charge on any atom is -0.275 e. The summed E-state index contributed by atoms with van der Waals surface area (Å²) in [6.07, 6.45) is 1.34. The molecule has 0 N–H and O–H groups in total. The van der Waals surface area contributed by atoms with Crippen molar-refractivity contribution in [1.29, 1.82) is 0 Å². The van der Waals surface area contributed by atoms with Crippen LogP contribution in [-0.2, 0) is 7.05 Å². The Kier molecular flexibility index (Phi) is 2.49. The lowest BCUT2D eigenvalue weighted by Gasteiger charge is -1.86. The van der Waals surface area contributed by atoms with Gasteiger partial charge in [0.2, 0.25) is 0 Å². The van der Waals surface area contributed by atoms with Gasteiger partial charge >= 0.3 is 0 Å². The van der Waals surface area contributed by atoms with E-state index in [0.717, 1.165) is 0 Å². The quantitative estimate of drug-likeness (QED) is 0.684. The van der Waals surface area contributed by atoms with Crippen molar-refractivity contribution in [3.8, 4) is 0 Å². The molecule has 64 valence electrons.